The van der Waals surface area contributed by atoms with Crippen LogP contribution < -0.4 is 10.0 Å². The van der Waals surface area contributed by atoms with Crippen LogP contribution in [0.4, 0.5) is 11.4 Å². The molecular weight excluding hydrogens is 492 g/mol. The summed E-state index contributed by atoms with van der Waals surface area (Å²) in [5.41, 5.74) is 6.73. The first-order chi connectivity index (χ1) is 18.6. The van der Waals surface area contributed by atoms with E-state index in [0.29, 0.717) is 0 Å². The van der Waals surface area contributed by atoms with E-state index in [1.807, 2.05) is 82.8 Å². The summed E-state index contributed by atoms with van der Waals surface area (Å²) >= 11 is 1.35. The number of carbonyl (C=O) groups is 1. The van der Waals surface area contributed by atoms with Gasteiger partial charge in [0.1, 0.15) is 0 Å². The highest BCUT2D eigenvalue weighted by Gasteiger charge is 2.56. The molecule has 0 N–H and O–H groups in total. The van der Waals surface area contributed by atoms with Crippen molar-refractivity contribution in [3.63, 3.8) is 0 Å². The van der Waals surface area contributed by atoms with E-state index in [9.17, 15) is 4.79 Å². The predicted octanol–water partition coefficient (Wildman–Crippen LogP) is 6.51. The first kappa shape index (κ1) is 24.0. The van der Waals surface area contributed by atoms with Crippen molar-refractivity contribution in [2.24, 2.45) is 10.2 Å². The number of aryl methyl sites for hydroxylation is 1. The molecule has 4 aromatic carbocycles. The molecule has 0 saturated carbocycles. The Morgan fingerprint density at radius 2 is 1.37 bits per heavy atom. The summed E-state index contributed by atoms with van der Waals surface area (Å²) in [6.45, 7) is 4.14. The van der Waals surface area contributed by atoms with Crippen molar-refractivity contribution >= 4 is 39.9 Å². The summed E-state index contributed by atoms with van der Waals surface area (Å²) in [7, 11) is 0. The van der Waals surface area contributed by atoms with Gasteiger partial charge in [-0.15, -0.1) is 0 Å². The van der Waals surface area contributed by atoms with E-state index in [-0.39, 0.29) is 11.7 Å². The molecule has 0 amide bonds. The third-order valence-corrected chi connectivity index (χ3v) is 7.81. The molecule has 188 valence electrons. The highest BCUT2D eigenvalue weighted by molar-refractivity contribution is 8.16. The van der Waals surface area contributed by atoms with Crippen LogP contribution in [0.2, 0.25) is 0 Å². The van der Waals surface area contributed by atoms with Gasteiger partial charge in [0.05, 0.1) is 23.7 Å². The molecule has 0 radical (unpaired) electrons. The Morgan fingerprint density at radius 1 is 0.789 bits per heavy atom. The van der Waals surface area contributed by atoms with Crippen LogP contribution in [0.25, 0.3) is 0 Å². The maximum Gasteiger partial charge on any atom is 0.365 e. The molecule has 7 heteroatoms. The molecule has 4 aromatic rings. The van der Waals surface area contributed by atoms with Gasteiger partial charge < -0.3 is 4.74 Å². The van der Waals surface area contributed by atoms with Crippen molar-refractivity contribution in [2.75, 3.05) is 16.6 Å². The van der Waals surface area contributed by atoms with Crippen LogP contribution in [0.1, 0.15) is 29.2 Å². The summed E-state index contributed by atoms with van der Waals surface area (Å²) in [4.78, 5) is 12.1. The van der Waals surface area contributed by atoms with Crippen LogP contribution in [0.5, 0.6) is 0 Å². The molecule has 2 aliphatic heterocycles. The lowest BCUT2D eigenvalue weighted by atomic mass is 9.93. The van der Waals surface area contributed by atoms with Crippen molar-refractivity contribution in [2.45, 2.75) is 18.8 Å². The molecule has 1 spiro atoms. The van der Waals surface area contributed by atoms with Gasteiger partial charge in [-0.05, 0) is 49.9 Å². The monoisotopic (exact) mass is 518 g/mol. The quantitative estimate of drug-likeness (QED) is 0.282. The number of hydrazone groups is 2. The molecule has 6 nitrogen and oxygen atoms in total. The lowest BCUT2D eigenvalue weighted by Crippen LogP contribution is -2.54. The van der Waals surface area contributed by atoms with Gasteiger partial charge in [0.2, 0.25) is 10.0 Å². The fourth-order valence-corrected chi connectivity index (χ4v) is 6.06. The van der Waals surface area contributed by atoms with Crippen LogP contribution in [-0.4, -0.2) is 23.3 Å². The SMILES string of the molecule is CCOC(=O)C1=NN(c2ccccc2)[C@]2(S1)c1ccccc1C(c1ccc(C)cc1)=NN2c1ccccc1. The molecule has 0 saturated heterocycles. The minimum Gasteiger partial charge on any atom is -0.461 e. The highest BCUT2D eigenvalue weighted by atomic mass is 32.2. The van der Waals surface area contributed by atoms with Crippen LogP contribution >= 0.6 is 11.8 Å². The number of hydrogen-bond donors (Lipinski definition) is 0. The number of rotatable bonds is 5. The maximum absolute atomic E-state index is 13.1. The highest BCUT2D eigenvalue weighted by Crippen LogP contribution is 2.55. The number of fused-ring (bicyclic) bond motifs is 2. The second kappa shape index (κ2) is 9.84. The largest absolute Gasteiger partial charge is 0.461 e. The Hall–Kier alpha value is -4.36. The summed E-state index contributed by atoms with van der Waals surface area (Å²) in [5, 5.41) is 14.3. The molecule has 2 heterocycles. The van der Waals surface area contributed by atoms with Gasteiger partial charge >= 0.3 is 5.97 Å². The number of para-hydroxylation sites is 2. The van der Waals surface area contributed by atoms with Crippen molar-refractivity contribution < 1.29 is 9.53 Å². The summed E-state index contributed by atoms with van der Waals surface area (Å²) in [6.07, 6.45) is 0. The van der Waals surface area contributed by atoms with E-state index in [1.165, 1.54) is 17.3 Å². The first-order valence-electron chi connectivity index (χ1n) is 12.5. The van der Waals surface area contributed by atoms with Crippen molar-refractivity contribution in [3.05, 3.63) is 131 Å². The number of thioether (sulfide) groups is 1. The van der Waals surface area contributed by atoms with E-state index in [1.54, 1.807) is 6.92 Å². The average Bonchev–Trinajstić information content (AvgIpc) is 3.36. The van der Waals surface area contributed by atoms with Crippen molar-refractivity contribution in [3.8, 4) is 0 Å². The third-order valence-electron chi connectivity index (χ3n) is 6.51. The minimum atomic E-state index is -1.00. The molecule has 6 rings (SSSR count). The van der Waals surface area contributed by atoms with Crippen molar-refractivity contribution in [1.82, 2.24) is 0 Å². The fraction of sp³-hybridized carbons (Fsp3) is 0.129. The minimum absolute atomic E-state index is 0.269. The van der Waals surface area contributed by atoms with Crippen LogP contribution in [0.3, 0.4) is 0 Å². The van der Waals surface area contributed by atoms with Crippen LogP contribution in [-0.2, 0) is 14.5 Å². The third kappa shape index (κ3) is 3.96. The fourth-order valence-electron chi connectivity index (χ4n) is 4.77. The predicted molar refractivity (Wildman–Crippen MR) is 154 cm³/mol. The number of anilines is 2. The van der Waals surface area contributed by atoms with Crippen molar-refractivity contribution in [1.29, 1.82) is 0 Å². The van der Waals surface area contributed by atoms with E-state index in [4.69, 9.17) is 14.9 Å². The molecule has 2 aliphatic rings. The standard InChI is InChI=1S/C31H26N4O2S/c1-3-37-30(36)29-33-35(25-14-8-5-9-15-25)31(38-29)27-17-11-10-16-26(27)28(23-20-18-22(2)19-21-23)32-34(31)24-12-6-4-7-13-24/h4-21H,3H2,1-2H3/t31-/m0/s1. The lowest BCUT2D eigenvalue weighted by Gasteiger charge is -2.47. The number of carbonyl (C=O) groups excluding carboxylic acids is 1. The zero-order valence-electron chi connectivity index (χ0n) is 21.1. The normalized spacial score (nSPS) is 18.2. The molecule has 0 bridgehead atoms. The van der Waals surface area contributed by atoms with Crippen LogP contribution in [0, 0.1) is 6.92 Å². The van der Waals surface area contributed by atoms with Gasteiger partial charge in [-0.25, -0.2) is 14.8 Å². The van der Waals surface area contributed by atoms with Gasteiger partial charge in [-0.1, -0.05) is 90.5 Å². The maximum atomic E-state index is 13.1. The van der Waals surface area contributed by atoms with Gasteiger partial charge in [0.25, 0.3) is 0 Å². The first-order valence-corrected chi connectivity index (χ1v) is 13.3. The summed E-state index contributed by atoms with van der Waals surface area (Å²) < 4.78 is 5.40. The lowest BCUT2D eigenvalue weighted by molar-refractivity contribution is -0.134. The molecule has 0 aromatic heterocycles. The van der Waals surface area contributed by atoms with Gasteiger partial charge in [-0.3, -0.25) is 0 Å². The summed E-state index contributed by atoms with van der Waals surface area (Å²) in [5.74, 6) is -0.450. The molecule has 38 heavy (non-hydrogen) atoms. The number of hydrogen-bond acceptors (Lipinski definition) is 7. The molecule has 0 unspecified atom stereocenters. The zero-order valence-corrected chi connectivity index (χ0v) is 21.9. The number of nitrogens with zero attached hydrogens (tertiary/aromatic N) is 4. The Kier molecular flexibility index (Phi) is 6.21. The van der Waals surface area contributed by atoms with E-state index < -0.39 is 11.0 Å². The Labute approximate surface area is 226 Å². The number of esters is 1. The number of benzene rings is 4. The molecular formula is C31H26N4O2S. The molecule has 1 atom stereocenters. The topological polar surface area (TPSA) is 57.5 Å². The average molecular weight is 519 g/mol. The summed E-state index contributed by atoms with van der Waals surface area (Å²) in [6, 6.07) is 36.5. The van der Waals surface area contributed by atoms with E-state index >= 15 is 0 Å². The van der Waals surface area contributed by atoms with Crippen LogP contribution in [0.15, 0.2) is 119 Å². The Bertz CT molecular complexity index is 1540. The second-order valence-corrected chi connectivity index (χ2v) is 10.2. The smallest absolute Gasteiger partial charge is 0.365 e. The van der Waals surface area contributed by atoms with Gasteiger partial charge in [0, 0.05) is 16.7 Å². The van der Waals surface area contributed by atoms with Gasteiger partial charge in [-0.2, -0.15) is 10.2 Å². The van der Waals surface area contributed by atoms with Gasteiger partial charge in [0.15, 0.2) is 0 Å². The second-order valence-electron chi connectivity index (χ2n) is 8.99. The molecule has 0 fully saturated rings. The Balaban J connectivity index is 1.64. The van der Waals surface area contributed by atoms with E-state index in [2.05, 4.69) is 43.3 Å². The Morgan fingerprint density at radius 3 is 2.00 bits per heavy atom. The number of ether oxygens (including phenoxy) is 1. The zero-order chi connectivity index (χ0) is 26.1. The molecule has 0 aliphatic carbocycles. The van der Waals surface area contributed by atoms with E-state index in [0.717, 1.165) is 33.8 Å².